The van der Waals surface area contributed by atoms with Gasteiger partial charge in [-0.2, -0.15) is 0 Å². The lowest BCUT2D eigenvalue weighted by atomic mass is 10.0. The van der Waals surface area contributed by atoms with Gasteiger partial charge in [-0.05, 0) is 38.0 Å². The first-order chi connectivity index (χ1) is 11.3. The molecule has 2 aromatic rings. The molecule has 0 bridgehead atoms. The summed E-state index contributed by atoms with van der Waals surface area (Å²) < 4.78 is 23.2. The Morgan fingerprint density at radius 1 is 1.38 bits per heavy atom. The van der Waals surface area contributed by atoms with Crippen molar-refractivity contribution in [2.24, 2.45) is 0 Å². The molecular weight excluding hydrogens is 344 g/mol. The number of benzene rings is 1. The Labute approximate surface area is 146 Å². The van der Waals surface area contributed by atoms with Crippen LogP contribution < -0.4 is 5.32 Å². The van der Waals surface area contributed by atoms with E-state index in [1.165, 1.54) is 11.8 Å². The molecule has 1 fully saturated rings. The number of pyridine rings is 1. The average molecular weight is 364 g/mol. The molecule has 0 radical (unpaired) electrons. The Hall–Kier alpha value is -1.60. The smallest absolute Gasteiger partial charge is 0.230 e. The van der Waals surface area contributed by atoms with E-state index in [1.807, 2.05) is 37.3 Å². The van der Waals surface area contributed by atoms with Gasteiger partial charge in [-0.1, -0.05) is 30.0 Å². The summed E-state index contributed by atoms with van der Waals surface area (Å²) in [7, 11) is -3.03. The SMILES string of the molecule is Cc1cc(SCC(=O)N[C@]2(C)CCS(=O)(=O)C2)nc2ccccc12. The van der Waals surface area contributed by atoms with Crippen molar-refractivity contribution >= 4 is 38.4 Å². The Balaban J connectivity index is 1.65. The van der Waals surface area contributed by atoms with Gasteiger partial charge in [-0.15, -0.1) is 0 Å². The molecule has 1 aliphatic rings. The summed E-state index contributed by atoms with van der Waals surface area (Å²) in [6.07, 6.45) is 0.471. The molecule has 1 saturated heterocycles. The Kier molecular flexibility index (Phi) is 4.57. The standard InChI is InChI=1S/C17H20N2O3S2/c1-12-9-16(18-14-6-4-3-5-13(12)14)23-10-15(20)19-17(2)7-8-24(21,22)11-17/h3-6,9H,7-8,10-11H2,1-2H3,(H,19,20)/t17-/m1/s1. The second kappa shape index (κ2) is 6.37. The van der Waals surface area contributed by atoms with Crippen LogP contribution in [0.5, 0.6) is 0 Å². The highest BCUT2D eigenvalue weighted by Crippen LogP contribution is 2.25. The van der Waals surface area contributed by atoms with E-state index in [4.69, 9.17) is 0 Å². The number of amides is 1. The highest BCUT2D eigenvalue weighted by Gasteiger charge is 2.39. The molecule has 2 heterocycles. The van der Waals surface area contributed by atoms with E-state index in [9.17, 15) is 13.2 Å². The topological polar surface area (TPSA) is 76.1 Å². The molecule has 24 heavy (non-hydrogen) atoms. The van der Waals surface area contributed by atoms with Crippen LogP contribution in [0.2, 0.25) is 0 Å². The molecule has 1 aromatic heterocycles. The number of hydrogen-bond acceptors (Lipinski definition) is 5. The Morgan fingerprint density at radius 3 is 2.83 bits per heavy atom. The van der Waals surface area contributed by atoms with Crippen LogP contribution in [0.1, 0.15) is 18.9 Å². The number of aryl methyl sites for hydroxylation is 1. The number of sulfone groups is 1. The number of nitrogens with one attached hydrogen (secondary N) is 1. The van der Waals surface area contributed by atoms with Crippen LogP contribution in [0.3, 0.4) is 0 Å². The lowest BCUT2D eigenvalue weighted by Gasteiger charge is -2.23. The molecule has 128 valence electrons. The van der Waals surface area contributed by atoms with E-state index in [0.29, 0.717) is 6.42 Å². The number of aromatic nitrogens is 1. The van der Waals surface area contributed by atoms with Gasteiger partial charge in [0, 0.05) is 5.39 Å². The number of thioether (sulfide) groups is 1. The monoisotopic (exact) mass is 364 g/mol. The molecule has 7 heteroatoms. The van der Waals surface area contributed by atoms with Gasteiger partial charge >= 0.3 is 0 Å². The fourth-order valence-electron chi connectivity index (χ4n) is 3.01. The van der Waals surface area contributed by atoms with Gasteiger partial charge in [-0.3, -0.25) is 4.79 Å². The quantitative estimate of drug-likeness (QED) is 0.843. The summed E-state index contributed by atoms with van der Waals surface area (Å²) in [5.74, 6) is 0.221. The number of nitrogens with zero attached hydrogens (tertiary/aromatic N) is 1. The third-order valence-electron chi connectivity index (χ3n) is 4.20. The van der Waals surface area contributed by atoms with Crippen LogP contribution in [0.15, 0.2) is 35.4 Å². The minimum Gasteiger partial charge on any atom is -0.349 e. The van der Waals surface area contributed by atoms with Crippen molar-refractivity contribution < 1.29 is 13.2 Å². The van der Waals surface area contributed by atoms with Gasteiger partial charge in [0.15, 0.2) is 9.84 Å². The Bertz CT molecular complexity index is 896. The summed E-state index contributed by atoms with van der Waals surface area (Å²) in [5.41, 5.74) is 1.38. The highest BCUT2D eigenvalue weighted by molar-refractivity contribution is 7.99. The number of carbonyl (C=O) groups is 1. The van der Waals surface area contributed by atoms with Crippen LogP contribution in [-0.4, -0.2) is 42.1 Å². The van der Waals surface area contributed by atoms with E-state index < -0.39 is 15.4 Å². The minimum absolute atomic E-state index is 0.0176. The van der Waals surface area contributed by atoms with Crippen molar-refractivity contribution in [1.29, 1.82) is 0 Å². The van der Waals surface area contributed by atoms with Gasteiger partial charge in [0.1, 0.15) is 0 Å². The maximum absolute atomic E-state index is 12.2. The van der Waals surface area contributed by atoms with Crippen LogP contribution in [-0.2, 0) is 14.6 Å². The summed E-state index contributed by atoms with van der Waals surface area (Å²) in [6, 6.07) is 9.88. The summed E-state index contributed by atoms with van der Waals surface area (Å²) in [6.45, 7) is 3.82. The largest absolute Gasteiger partial charge is 0.349 e. The highest BCUT2D eigenvalue weighted by atomic mass is 32.2. The second-order valence-electron chi connectivity index (χ2n) is 6.53. The van der Waals surface area contributed by atoms with E-state index in [0.717, 1.165) is 21.5 Å². The zero-order chi connectivity index (χ0) is 17.4. The number of hydrogen-bond donors (Lipinski definition) is 1. The van der Waals surface area contributed by atoms with Crippen molar-refractivity contribution in [3.05, 3.63) is 35.9 Å². The first-order valence-electron chi connectivity index (χ1n) is 7.77. The Morgan fingerprint density at radius 2 is 2.12 bits per heavy atom. The molecule has 1 aromatic carbocycles. The number of rotatable bonds is 4. The molecule has 0 spiro atoms. The van der Waals surface area contributed by atoms with Gasteiger partial charge in [0.25, 0.3) is 0 Å². The van der Waals surface area contributed by atoms with Crippen LogP contribution in [0, 0.1) is 6.92 Å². The normalized spacial score (nSPS) is 22.6. The average Bonchev–Trinajstić information content (AvgIpc) is 2.78. The van der Waals surface area contributed by atoms with Crippen molar-refractivity contribution in [3.8, 4) is 0 Å². The molecule has 0 saturated carbocycles. The predicted molar refractivity (Wildman–Crippen MR) is 97.0 cm³/mol. The number of fused-ring (bicyclic) bond motifs is 1. The minimum atomic E-state index is -3.03. The van der Waals surface area contributed by atoms with Crippen molar-refractivity contribution in [2.75, 3.05) is 17.3 Å². The fourth-order valence-corrected chi connectivity index (χ4v) is 5.88. The maximum Gasteiger partial charge on any atom is 0.230 e. The molecule has 0 aliphatic carbocycles. The summed E-state index contributed by atoms with van der Waals surface area (Å²) >= 11 is 1.37. The van der Waals surface area contributed by atoms with Gasteiger partial charge in [0.2, 0.25) is 5.91 Å². The molecule has 1 amide bonds. The summed E-state index contributed by atoms with van der Waals surface area (Å²) in [4.78, 5) is 16.7. The molecule has 1 atom stereocenters. The molecule has 3 rings (SSSR count). The first-order valence-corrected chi connectivity index (χ1v) is 10.6. The number of para-hydroxylation sites is 1. The predicted octanol–water partition coefficient (Wildman–Crippen LogP) is 2.33. The first kappa shape index (κ1) is 17.2. The fraction of sp³-hybridized carbons (Fsp3) is 0.412. The van der Waals surface area contributed by atoms with E-state index in [-0.39, 0.29) is 23.2 Å². The zero-order valence-corrected chi connectivity index (χ0v) is 15.3. The molecule has 5 nitrogen and oxygen atoms in total. The van der Waals surface area contributed by atoms with Crippen LogP contribution in [0.25, 0.3) is 10.9 Å². The summed E-state index contributed by atoms with van der Waals surface area (Å²) in [5, 5.41) is 4.77. The van der Waals surface area contributed by atoms with Crippen molar-refractivity contribution in [2.45, 2.75) is 30.8 Å². The lowest BCUT2D eigenvalue weighted by Crippen LogP contribution is -2.47. The molecule has 0 unspecified atom stereocenters. The lowest BCUT2D eigenvalue weighted by molar-refractivity contribution is -0.120. The van der Waals surface area contributed by atoms with Crippen molar-refractivity contribution in [1.82, 2.24) is 10.3 Å². The van der Waals surface area contributed by atoms with Crippen LogP contribution >= 0.6 is 11.8 Å². The van der Waals surface area contributed by atoms with E-state index >= 15 is 0 Å². The van der Waals surface area contributed by atoms with Gasteiger partial charge < -0.3 is 5.32 Å². The van der Waals surface area contributed by atoms with Gasteiger partial charge in [0.05, 0.1) is 33.3 Å². The third-order valence-corrected chi connectivity index (χ3v) is 7.01. The maximum atomic E-state index is 12.2. The van der Waals surface area contributed by atoms with E-state index in [2.05, 4.69) is 10.3 Å². The molecule has 1 aliphatic heterocycles. The second-order valence-corrected chi connectivity index (χ2v) is 9.71. The number of carbonyl (C=O) groups excluding carboxylic acids is 1. The third kappa shape index (κ3) is 3.89. The molecule has 1 N–H and O–H groups in total. The molecular formula is C17H20N2O3S2. The van der Waals surface area contributed by atoms with Crippen LogP contribution in [0.4, 0.5) is 0 Å². The zero-order valence-electron chi connectivity index (χ0n) is 13.7. The van der Waals surface area contributed by atoms with Gasteiger partial charge in [-0.25, -0.2) is 13.4 Å². The van der Waals surface area contributed by atoms with E-state index in [1.54, 1.807) is 6.92 Å². The van der Waals surface area contributed by atoms with Crippen molar-refractivity contribution in [3.63, 3.8) is 0 Å².